The van der Waals surface area contributed by atoms with Crippen LogP contribution in [0.2, 0.25) is 0 Å². The molecule has 0 aliphatic rings. The van der Waals surface area contributed by atoms with Crippen LogP contribution in [-0.2, 0) is 6.54 Å². The second kappa shape index (κ2) is 5.86. The summed E-state index contributed by atoms with van der Waals surface area (Å²) >= 11 is 4.87. The largest absolute Gasteiger partial charge is 0.326 e. The molecule has 0 fully saturated rings. The number of thioether (sulfide) groups is 1. The molecule has 0 atom stereocenters. The Kier molecular flexibility index (Phi) is 4.44. The molecule has 0 amide bonds. The van der Waals surface area contributed by atoms with Crippen LogP contribution in [0.15, 0.2) is 31.8 Å². The number of hydrogen-bond donors (Lipinski definition) is 1. The van der Waals surface area contributed by atoms with Crippen LogP contribution in [0.25, 0.3) is 0 Å². The summed E-state index contributed by atoms with van der Waals surface area (Å²) in [5.41, 5.74) is 8.15. The molecular weight excluding hydrogens is 270 g/mol. The molecule has 0 aliphatic carbocycles. The Morgan fingerprint density at radius 3 is 2.71 bits per heavy atom. The lowest BCUT2D eigenvalue weighted by Gasteiger charge is -2.06. The molecule has 1 aromatic carbocycles. The highest BCUT2D eigenvalue weighted by Crippen LogP contribution is 2.34. The molecule has 6 heteroatoms. The topological polar surface area (TPSA) is 51.8 Å². The molecule has 1 aromatic heterocycles. The van der Waals surface area contributed by atoms with Crippen LogP contribution in [-0.4, -0.2) is 16.5 Å². The van der Waals surface area contributed by atoms with Crippen LogP contribution in [0.5, 0.6) is 0 Å². The number of aryl methyl sites for hydroxylation is 1. The van der Waals surface area contributed by atoms with E-state index in [2.05, 4.69) is 35.3 Å². The molecule has 2 aromatic rings. The van der Waals surface area contributed by atoms with Gasteiger partial charge in [-0.05, 0) is 24.8 Å². The zero-order valence-electron chi connectivity index (χ0n) is 9.64. The maximum atomic E-state index is 5.75. The maximum Gasteiger partial charge on any atom is 0.179 e. The van der Waals surface area contributed by atoms with E-state index in [4.69, 9.17) is 5.73 Å². The Balaban J connectivity index is 2.23. The van der Waals surface area contributed by atoms with Crippen molar-refractivity contribution in [1.82, 2.24) is 10.2 Å². The molecule has 0 radical (unpaired) electrons. The summed E-state index contributed by atoms with van der Waals surface area (Å²) < 4.78 is 1.96. The van der Waals surface area contributed by atoms with Gasteiger partial charge in [0.25, 0.3) is 0 Å². The highest BCUT2D eigenvalue weighted by molar-refractivity contribution is 8.03. The van der Waals surface area contributed by atoms with Gasteiger partial charge in [-0.15, -0.1) is 10.2 Å². The van der Waals surface area contributed by atoms with E-state index in [9.17, 15) is 0 Å². The van der Waals surface area contributed by atoms with E-state index in [1.165, 1.54) is 10.5 Å². The fourth-order valence-corrected chi connectivity index (χ4v) is 3.90. The predicted molar refractivity (Wildman–Crippen MR) is 74.9 cm³/mol. The average molecular weight is 283 g/mol. The SMILES string of the molecule is CSc1nnc(Sc2ccc(C)cc2CN)s1. The first-order valence-corrected chi connectivity index (χ1v) is 7.93. The second-order valence-corrected chi connectivity index (χ2v) is 6.78. The first-order valence-electron chi connectivity index (χ1n) is 5.08. The summed E-state index contributed by atoms with van der Waals surface area (Å²) in [7, 11) is 0. The number of benzene rings is 1. The maximum absolute atomic E-state index is 5.75. The average Bonchev–Trinajstić information content (AvgIpc) is 2.79. The minimum atomic E-state index is 0.554. The summed E-state index contributed by atoms with van der Waals surface area (Å²) in [5.74, 6) is 0. The van der Waals surface area contributed by atoms with Gasteiger partial charge < -0.3 is 5.73 Å². The van der Waals surface area contributed by atoms with Crippen molar-refractivity contribution < 1.29 is 0 Å². The predicted octanol–water partition coefficient (Wildman–Crippen LogP) is 3.18. The quantitative estimate of drug-likeness (QED) is 0.873. The van der Waals surface area contributed by atoms with Crippen molar-refractivity contribution >= 4 is 34.9 Å². The molecule has 17 heavy (non-hydrogen) atoms. The molecular formula is C11H13N3S3. The van der Waals surface area contributed by atoms with Crippen molar-refractivity contribution in [3.63, 3.8) is 0 Å². The Bertz CT molecular complexity index is 510. The zero-order valence-corrected chi connectivity index (χ0v) is 12.1. The Hall–Kier alpha value is -0.560. The van der Waals surface area contributed by atoms with E-state index < -0.39 is 0 Å². The van der Waals surface area contributed by atoms with E-state index in [0.29, 0.717) is 6.54 Å². The summed E-state index contributed by atoms with van der Waals surface area (Å²) in [6.45, 7) is 2.63. The molecule has 0 bridgehead atoms. The van der Waals surface area contributed by atoms with Gasteiger partial charge >= 0.3 is 0 Å². The van der Waals surface area contributed by atoms with Crippen LogP contribution in [0.3, 0.4) is 0 Å². The highest BCUT2D eigenvalue weighted by Gasteiger charge is 2.08. The summed E-state index contributed by atoms with van der Waals surface area (Å²) in [4.78, 5) is 1.17. The third kappa shape index (κ3) is 3.22. The highest BCUT2D eigenvalue weighted by atomic mass is 32.2. The molecule has 2 rings (SSSR count). The van der Waals surface area contributed by atoms with Gasteiger partial charge in [-0.2, -0.15) is 0 Å². The minimum absolute atomic E-state index is 0.554. The number of nitrogens with zero attached hydrogens (tertiary/aromatic N) is 2. The van der Waals surface area contributed by atoms with Gasteiger partial charge in [-0.1, -0.05) is 52.6 Å². The third-order valence-electron chi connectivity index (χ3n) is 2.20. The smallest absolute Gasteiger partial charge is 0.179 e. The van der Waals surface area contributed by atoms with E-state index in [1.807, 2.05) is 6.26 Å². The van der Waals surface area contributed by atoms with E-state index in [-0.39, 0.29) is 0 Å². The molecule has 0 saturated carbocycles. The van der Waals surface area contributed by atoms with Gasteiger partial charge in [0.05, 0.1) is 0 Å². The van der Waals surface area contributed by atoms with E-state index in [0.717, 1.165) is 14.2 Å². The van der Waals surface area contributed by atoms with E-state index >= 15 is 0 Å². The zero-order chi connectivity index (χ0) is 12.3. The number of nitrogens with two attached hydrogens (primary N) is 1. The van der Waals surface area contributed by atoms with Crippen LogP contribution in [0, 0.1) is 6.92 Å². The van der Waals surface area contributed by atoms with Crippen LogP contribution >= 0.6 is 34.9 Å². The molecule has 1 heterocycles. The molecule has 3 nitrogen and oxygen atoms in total. The van der Waals surface area contributed by atoms with Gasteiger partial charge in [-0.3, -0.25) is 0 Å². The Labute approximate surface area is 113 Å². The van der Waals surface area contributed by atoms with Crippen LogP contribution < -0.4 is 5.73 Å². The second-order valence-electron chi connectivity index (χ2n) is 3.46. The molecule has 90 valence electrons. The van der Waals surface area contributed by atoms with Gasteiger partial charge in [0.2, 0.25) is 0 Å². The van der Waals surface area contributed by atoms with E-state index in [1.54, 1.807) is 34.9 Å². The van der Waals surface area contributed by atoms with Crippen molar-refractivity contribution in [1.29, 1.82) is 0 Å². The van der Waals surface area contributed by atoms with Crippen molar-refractivity contribution in [2.75, 3.05) is 6.26 Å². The van der Waals surface area contributed by atoms with Gasteiger partial charge in [0, 0.05) is 11.4 Å². The van der Waals surface area contributed by atoms with Crippen molar-refractivity contribution in [2.24, 2.45) is 5.73 Å². The van der Waals surface area contributed by atoms with Gasteiger partial charge in [0.1, 0.15) is 0 Å². The van der Waals surface area contributed by atoms with Crippen LogP contribution in [0.4, 0.5) is 0 Å². The molecule has 0 spiro atoms. The van der Waals surface area contributed by atoms with Crippen LogP contribution in [0.1, 0.15) is 11.1 Å². The molecule has 2 N–H and O–H groups in total. The van der Waals surface area contributed by atoms with Crippen molar-refractivity contribution in [2.45, 2.75) is 27.0 Å². The number of rotatable bonds is 4. The monoisotopic (exact) mass is 283 g/mol. The first kappa shape index (κ1) is 12.9. The van der Waals surface area contributed by atoms with Gasteiger partial charge in [0.15, 0.2) is 8.68 Å². The summed E-state index contributed by atoms with van der Waals surface area (Å²) in [5, 5.41) is 8.23. The first-order chi connectivity index (χ1) is 8.22. The minimum Gasteiger partial charge on any atom is -0.326 e. The molecule has 0 aliphatic heterocycles. The normalized spacial score (nSPS) is 10.8. The molecule has 0 saturated heterocycles. The van der Waals surface area contributed by atoms with Crippen molar-refractivity contribution in [3.8, 4) is 0 Å². The standard InChI is InChI=1S/C11H13N3S3/c1-7-3-4-9(8(5-7)6-12)16-11-14-13-10(15-2)17-11/h3-5H,6,12H2,1-2H3. The van der Waals surface area contributed by atoms with Gasteiger partial charge in [-0.25, -0.2) is 0 Å². The number of aromatic nitrogens is 2. The lowest BCUT2D eigenvalue weighted by atomic mass is 10.1. The summed E-state index contributed by atoms with van der Waals surface area (Å²) in [6.07, 6.45) is 2.01. The van der Waals surface area contributed by atoms with Crippen molar-refractivity contribution in [3.05, 3.63) is 29.3 Å². The Morgan fingerprint density at radius 1 is 1.29 bits per heavy atom. The lowest BCUT2D eigenvalue weighted by molar-refractivity contribution is 0.953. The summed E-state index contributed by atoms with van der Waals surface area (Å²) in [6, 6.07) is 6.32. The third-order valence-corrected chi connectivity index (χ3v) is 5.26. The number of hydrogen-bond acceptors (Lipinski definition) is 6. The fraction of sp³-hybridized carbons (Fsp3) is 0.273. The lowest BCUT2D eigenvalue weighted by Crippen LogP contribution is -1.98. The Morgan fingerprint density at radius 2 is 2.06 bits per heavy atom. The fourth-order valence-electron chi connectivity index (χ4n) is 1.38. The molecule has 0 unspecified atom stereocenters.